The van der Waals surface area contributed by atoms with Gasteiger partial charge in [-0.05, 0) is 30.7 Å². The first-order chi connectivity index (χ1) is 10.8. The molecule has 0 radical (unpaired) electrons. The Kier molecular flexibility index (Phi) is 4.78. The zero-order chi connectivity index (χ0) is 17.1. The van der Waals surface area contributed by atoms with Gasteiger partial charge in [0.05, 0.1) is 0 Å². The first-order valence-electron chi connectivity index (χ1n) is 6.29. The van der Waals surface area contributed by atoms with E-state index in [0.717, 1.165) is 25.1 Å². The predicted molar refractivity (Wildman–Crippen MR) is 72.1 cm³/mol. The summed E-state index contributed by atoms with van der Waals surface area (Å²) in [6, 6.07) is 5.14. The van der Waals surface area contributed by atoms with E-state index in [1.54, 1.807) is 0 Å². The van der Waals surface area contributed by atoms with Gasteiger partial charge in [-0.3, -0.25) is 0 Å². The average Bonchev–Trinajstić information content (AvgIpc) is 2.53. The van der Waals surface area contributed by atoms with Crippen LogP contribution in [0.3, 0.4) is 0 Å². The summed E-state index contributed by atoms with van der Waals surface area (Å²) in [7, 11) is 0. The van der Waals surface area contributed by atoms with Crippen LogP contribution in [0.2, 0.25) is 0 Å². The third-order valence-corrected chi connectivity index (χ3v) is 2.91. The maximum atomic E-state index is 13.7. The van der Waals surface area contributed by atoms with Crippen molar-refractivity contribution >= 4 is 12.0 Å². The van der Waals surface area contributed by atoms with E-state index in [0.29, 0.717) is 5.56 Å². The second-order valence-corrected chi connectivity index (χ2v) is 4.52. The highest BCUT2D eigenvalue weighted by atomic mass is 19.2. The first-order valence-corrected chi connectivity index (χ1v) is 6.29. The maximum Gasteiger partial charge on any atom is 0.336 e. The molecule has 0 aliphatic heterocycles. The minimum atomic E-state index is -1.95. The van der Waals surface area contributed by atoms with Gasteiger partial charge < -0.3 is 4.74 Å². The third-order valence-electron chi connectivity index (χ3n) is 2.91. The molecule has 0 N–H and O–H groups in total. The monoisotopic (exact) mass is 328 g/mol. The smallest absolute Gasteiger partial charge is 0.336 e. The van der Waals surface area contributed by atoms with Crippen LogP contribution in [0.1, 0.15) is 11.1 Å². The molecule has 2 rings (SSSR count). The Balaban J connectivity index is 2.24. The van der Waals surface area contributed by atoms with Gasteiger partial charge in [-0.2, -0.15) is 4.39 Å². The fraction of sp³-hybridized carbons (Fsp3) is 0.0625. The van der Waals surface area contributed by atoms with Crippen LogP contribution in [0.25, 0.3) is 6.08 Å². The van der Waals surface area contributed by atoms with Gasteiger partial charge in [-0.15, -0.1) is 0 Å². The van der Waals surface area contributed by atoms with E-state index < -0.39 is 46.4 Å². The molecule has 0 saturated heterocycles. The zero-order valence-electron chi connectivity index (χ0n) is 11.7. The highest BCUT2D eigenvalue weighted by molar-refractivity contribution is 5.88. The number of halogens is 5. The van der Waals surface area contributed by atoms with Crippen LogP contribution >= 0.6 is 0 Å². The third kappa shape index (κ3) is 3.56. The van der Waals surface area contributed by atoms with Crippen molar-refractivity contribution in [2.45, 2.75) is 6.92 Å². The van der Waals surface area contributed by atoms with Crippen LogP contribution in [0, 0.1) is 36.0 Å². The maximum absolute atomic E-state index is 13.7. The lowest BCUT2D eigenvalue weighted by atomic mass is 10.2. The van der Waals surface area contributed by atoms with Crippen LogP contribution in [0.5, 0.6) is 5.75 Å². The molecule has 0 amide bonds. The number of esters is 1. The van der Waals surface area contributed by atoms with Gasteiger partial charge >= 0.3 is 5.97 Å². The van der Waals surface area contributed by atoms with E-state index >= 15 is 0 Å². The number of rotatable bonds is 3. The molecule has 0 aliphatic rings. The minimum absolute atomic E-state index is 0.296. The molecule has 0 bridgehead atoms. The van der Waals surface area contributed by atoms with Crippen LogP contribution in [-0.4, -0.2) is 5.97 Å². The number of carbonyl (C=O) groups excluding carboxylic acids is 1. The van der Waals surface area contributed by atoms with Crippen LogP contribution in [0.15, 0.2) is 30.3 Å². The van der Waals surface area contributed by atoms with E-state index in [4.69, 9.17) is 0 Å². The number of hydrogen-bond donors (Lipinski definition) is 0. The second-order valence-electron chi connectivity index (χ2n) is 4.52. The SMILES string of the molecule is Cc1c(F)c(F)c(F)c(OC(=O)/C=C/c2cccc(F)c2)c1F. The Labute approximate surface area is 127 Å². The lowest BCUT2D eigenvalue weighted by Crippen LogP contribution is -2.10. The normalized spacial score (nSPS) is 11.0. The molecule has 0 heterocycles. The Morgan fingerprint density at radius 1 is 1.00 bits per heavy atom. The molecule has 0 spiro atoms. The molecule has 2 nitrogen and oxygen atoms in total. The fourth-order valence-corrected chi connectivity index (χ4v) is 1.72. The van der Waals surface area contributed by atoms with Crippen molar-refractivity contribution in [1.82, 2.24) is 0 Å². The molecule has 0 saturated carbocycles. The van der Waals surface area contributed by atoms with Crippen LogP contribution in [0.4, 0.5) is 22.0 Å². The Bertz CT molecular complexity index is 770. The van der Waals surface area contributed by atoms with Crippen molar-refractivity contribution in [2.75, 3.05) is 0 Å². The van der Waals surface area contributed by atoms with Crippen molar-refractivity contribution in [3.05, 3.63) is 70.6 Å². The molecule has 0 fully saturated rings. The molecule has 23 heavy (non-hydrogen) atoms. The molecule has 120 valence electrons. The Hall–Kier alpha value is -2.70. The van der Waals surface area contributed by atoms with Crippen molar-refractivity contribution in [1.29, 1.82) is 0 Å². The molecule has 0 unspecified atom stereocenters. The quantitative estimate of drug-likeness (QED) is 0.210. The van der Waals surface area contributed by atoms with Gasteiger partial charge in [0.15, 0.2) is 17.5 Å². The molecule has 0 aliphatic carbocycles. The topological polar surface area (TPSA) is 26.3 Å². The largest absolute Gasteiger partial charge is 0.417 e. The van der Waals surface area contributed by atoms with Crippen LogP contribution < -0.4 is 4.74 Å². The Morgan fingerprint density at radius 2 is 1.70 bits per heavy atom. The minimum Gasteiger partial charge on any atom is -0.417 e. The molecule has 0 atom stereocenters. The summed E-state index contributed by atoms with van der Waals surface area (Å²) in [4.78, 5) is 11.5. The lowest BCUT2D eigenvalue weighted by molar-refractivity contribution is -0.129. The molecule has 2 aromatic carbocycles. The van der Waals surface area contributed by atoms with E-state index in [1.807, 2.05) is 0 Å². The summed E-state index contributed by atoms with van der Waals surface area (Å²) >= 11 is 0. The van der Waals surface area contributed by atoms with E-state index in [-0.39, 0.29) is 0 Å². The van der Waals surface area contributed by atoms with Gasteiger partial charge in [0.2, 0.25) is 11.6 Å². The van der Waals surface area contributed by atoms with E-state index in [1.165, 1.54) is 18.2 Å². The zero-order valence-corrected chi connectivity index (χ0v) is 11.7. The van der Waals surface area contributed by atoms with Crippen molar-refractivity contribution in [3.63, 3.8) is 0 Å². The summed E-state index contributed by atoms with van der Waals surface area (Å²) in [5.74, 6) is -10.2. The highest BCUT2D eigenvalue weighted by Crippen LogP contribution is 2.29. The number of benzene rings is 2. The highest BCUT2D eigenvalue weighted by Gasteiger charge is 2.25. The lowest BCUT2D eigenvalue weighted by Gasteiger charge is -2.08. The second kappa shape index (κ2) is 6.60. The summed E-state index contributed by atoms with van der Waals surface area (Å²) in [5.41, 5.74) is -0.523. The molecule has 2 aromatic rings. The molecule has 7 heteroatoms. The van der Waals surface area contributed by atoms with E-state index in [9.17, 15) is 26.7 Å². The molecular weight excluding hydrogens is 319 g/mol. The van der Waals surface area contributed by atoms with Crippen molar-refractivity contribution in [2.24, 2.45) is 0 Å². The number of hydrogen-bond acceptors (Lipinski definition) is 2. The summed E-state index contributed by atoms with van der Waals surface area (Å²) in [5, 5.41) is 0. The standard InChI is InChI=1S/C16H9F5O2/c1-8-12(18)14(20)15(21)16(13(8)19)23-11(22)6-5-9-3-2-4-10(17)7-9/h2-7H,1H3/b6-5+. The molecule has 0 aromatic heterocycles. The van der Waals surface area contributed by atoms with Gasteiger partial charge in [0.25, 0.3) is 0 Å². The Morgan fingerprint density at radius 3 is 2.35 bits per heavy atom. The van der Waals surface area contributed by atoms with Crippen molar-refractivity contribution < 1.29 is 31.5 Å². The summed E-state index contributed by atoms with van der Waals surface area (Å²) in [6.45, 7) is 0.868. The van der Waals surface area contributed by atoms with Crippen molar-refractivity contribution in [3.8, 4) is 5.75 Å². The average molecular weight is 328 g/mol. The van der Waals surface area contributed by atoms with Gasteiger partial charge in [-0.25, -0.2) is 22.4 Å². The number of ether oxygens (including phenoxy) is 1. The summed E-state index contributed by atoms with van der Waals surface area (Å²) < 4.78 is 70.8. The van der Waals surface area contributed by atoms with Crippen LogP contribution in [-0.2, 0) is 4.79 Å². The first kappa shape index (κ1) is 16.7. The van der Waals surface area contributed by atoms with E-state index in [2.05, 4.69) is 4.74 Å². The van der Waals surface area contributed by atoms with Gasteiger partial charge in [-0.1, -0.05) is 12.1 Å². The predicted octanol–water partition coefficient (Wildman–Crippen LogP) is 4.31. The van der Waals surface area contributed by atoms with Gasteiger partial charge in [0.1, 0.15) is 5.82 Å². The molecular formula is C16H9F5O2. The number of carbonyl (C=O) groups is 1. The van der Waals surface area contributed by atoms with Gasteiger partial charge in [0, 0.05) is 11.6 Å². The fourth-order valence-electron chi connectivity index (χ4n) is 1.72. The summed E-state index contributed by atoms with van der Waals surface area (Å²) in [6.07, 6.45) is 1.90.